The predicted molar refractivity (Wildman–Crippen MR) is 73.0 cm³/mol. The third-order valence-corrected chi connectivity index (χ3v) is 5.48. The number of anilines is 1. The average Bonchev–Trinajstić information content (AvgIpc) is 2.30. The van der Waals surface area contributed by atoms with Crippen LogP contribution >= 0.6 is 23.5 Å². The predicted octanol–water partition coefficient (Wildman–Crippen LogP) is 3.62. The molecule has 0 N–H and O–H groups in total. The number of nitrogens with zero attached hydrogens (tertiary/aromatic N) is 1. The van der Waals surface area contributed by atoms with Crippen molar-refractivity contribution in [2.24, 2.45) is 0 Å². The lowest BCUT2D eigenvalue weighted by atomic mass is 10.2. The molecule has 1 aromatic carbocycles. The van der Waals surface area contributed by atoms with Crippen LogP contribution in [0.5, 0.6) is 0 Å². The van der Waals surface area contributed by atoms with E-state index in [1.165, 1.54) is 29.2 Å². The molecule has 82 valence electrons. The van der Waals surface area contributed by atoms with Crippen molar-refractivity contribution < 1.29 is 0 Å². The normalized spacial score (nSPS) is 17.7. The summed E-state index contributed by atoms with van der Waals surface area (Å²) in [7, 11) is 4.24. The maximum Gasteiger partial charge on any atom is 0.0771 e. The molecule has 0 saturated carbocycles. The first-order chi connectivity index (χ1) is 7.29. The first kappa shape index (κ1) is 11.2. The first-order valence-corrected chi connectivity index (χ1v) is 7.38. The molecule has 0 spiro atoms. The number of thioether (sulfide) groups is 2. The van der Waals surface area contributed by atoms with E-state index in [-0.39, 0.29) is 0 Å². The van der Waals surface area contributed by atoms with Crippen LogP contribution in [-0.2, 0) is 0 Å². The van der Waals surface area contributed by atoms with E-state index in [1.807, 2.05) is 0 Å². The number of benzene rings is 1. The van der Waals surface area contributed by atoms with E-state index in [0.29, 0.717) is 4.58 Å². The van der Waals surface area contributed by atoms with Crippen molar-refractivity contribution in [1.82, 2.24) is 0 Å². The fraction of sp³-hybridized carbons (Fsp3) is 0.500. The van der Waals surface area contributed by atoms with Gasteiger partial charge >= 0.3 is 0 Å². The molecule has 3 heteroatoms. The van der Waals surface area contributed by atoms with Crippen LogP contribution in [0, 0.1) is 0 Å². The van der Waals surface area contributed by atoms with E-state index in [1.54, 1.807) is 0 Å². The molecule has 1 heterocycles. The third kappa shape index (κ3) is 2.64. The molecular formula is C12H17NS2. The Morgan fingerprint density at radius 2 is 1.80 bits per heavy atom. The maximum absolute atomic E-state index is 2.27. The zero-order valence-corrected chi connectivity index (χ0v) is 10.9. The number of para-hydroxylation sites is 1. The molecule has 1 nitrogen and oxygen atoms in total. The number of hydrogen-bond donors (Lipinski definition) is 0. The highest BCUT2D eigenvalue weighted by Crippen LogP contribution is 2.46. The van der Waals surface area contributed by atoms with Gasteiger partial charge in [-0.1, -0.05) is 18.2 Å². The van der Waals surface area contributed by atoms with Crippen LogP contribution in [0.1, 0.15) is 16.6 Å². The number of rotatable bonds is 2. The van der Waals surface area contributed by atoms with E-state index in [0.717, 1.165) is 0 Å². The first-order valence-electron chi connectivity index (χ1n) is 5.28. The molecule has 1 aliphatic rings. The van der Waals surface area contributed by atoms with Crippen LogP contribution in [0.3, 0.4) is 0 Å². The minimum absolute atomic E-state index is 0.636. The largest absolute Gasteiger partial charge is 0.377 e. The second-order valence-corrected chi connectivity index (χ2v) is 6.60. The summed E-state index contributed by atoms with van der Waals surface area (Å²) in [5, 5.41) is 0. The van der Waals surface area contributed by atoms with Crippen molar-refractivity contribution in [2.45, 2.75) is 11.0 Å². The molecule has 0 radical (unpaired) electrons. The minimum Gasteiger partial charge on any atom is -0.377 e. The monoisotopic (exact) mass is 239 g/mol. The van der Waals surface area contributed by atoms with Gasteiger partial charge in [-0.3, -0.25) is 0 Å². The molecule has 1 saturated heterocycles. The van der Waals surface area contributed by atoms with Gasteiger partial charge in [0.15, 0.2) is 0 Å². The fourth-order valence-corrected chi connectivity index (χ4v) is 4.71. The molecule has 1 aliphatic heterocycles. The van der Waals surface area contributed by atoms with Crippen molar-refractivity contribution in [2.75, 3.05) is 30.5 Å². The molecule has 0 unspecified atom stereocenters. The van der Waals surface area contributed by atoms with Gasteiger partial charge in [-0.25, -0.2) is 0 Å². The van der Waals surface area contributed by atoms with Crippen molar-refractivity contribution in [3.63, 3.8) is 0 Å². The SMILES string of the molecule is CN(C)c1ccccc1C1SCCCS1. The zero-order chi connectivity index (χ0) is 10.7. The summed E-state index contributed by atoms with van der Waals surface area (Å²) in [6.07, 6.45) is 1.36. The molecule has 1 fully saturated rings. The Morgan fingerprint density at radius 3 is 2.47 bits per heavy atom. The molecule has 0 atom stereocenters. The van der Waals surface area contributed by atoms with Gasteiger partial charge in [0.25, 0.3) is 0 Å². The summed E-state index contributed by atoms with van der Waals surface area (Å²) < 4.78 is 0.636. The lowest BCUT2D eigenvalue weighted by Gasteiger charge is -2.26. The Bertz CT molecular complexity index is 319. The standard InChI is InChI=1S/C12H17NS2/c1-13(2)11-7-4-3-6-10(11)12-14-8-5-9-15-12/h3-4,6-7,12H,5,8-9H2,1-2H3. The maximum atomic E-state index is 2.27. The van der Waals surface area contributed by atoms with Gasteiger partial charge < -0.3 is 4.90 Å². The van der Waals surface area contributed by atoms with E-state index >= 15 is 0 Å². The van der Waals surface area contributed by atoms with Crippen LogP contribution < -0.4 is 4.90 Å². The van der Waals surface area contributed by atoms with Crippen LogP contribution in [-0.4, -0.2) is 25.6 Å². The average molecular weight is 239 g/mol. The van der Waals surface area contributed by atoms with Crippen molar-refractivity contribution in [3.8, 4) is 0 Å². The summed E-state index contributed by atoms with van der Waals surface area (Å²) in [6.45, 7) is 0. The Hall–Kier alpha value is -0.280. The van der Waals surface area contributed by atoms with Gasteiger partial charge in [-0.15, -0.1) is 23.5 Å². The van der Waals surface area contributed by atoms with Crippen molar-refractivity contribution in [1.29, 1.82) is 0 Å². The van der Waals surface area contributed by atoms with Gasteiger partial charge in [0.1, 0.15) is 0 Å². The Morgan fingerprint density at radius 1 is 1.13 bits per heavy atom. The van der Waals surface area contributed by atoms with Crippen LogP contribution in [0.2, 0.25) is 0 Å². The smallest absolute Gasteiger partial charge is 0.0771 e. The molecule has 0 bridgehead atoms. The zero-order valence-electron chi connectivity index (χ0n) is 9.27. The highest BCUT2D eigenvalue weighted by atomic mass is 32.2. The number of hydrogen-bond acceptors (Lipinski definition) is 3. The molecular weight excluding hydrogens is 222 g/mol. The van der Waals surface area contributed by atoms with E-state index < -0.39 is 0 Å². The van der Waals surface area contributed by atoms with Crippen LogP contribution in [0.25, 0.3) is 0 Å². The topological polar surface area (TPSA) is 3.24 Å². The van der Waals surface area contributed by atoms with Crippen molar-refractivity contribution in [3.05, 3.63) is 29.8 Å². The second kappa shape index (κ2) is 5.17. The van der Waals surface area contributed by atoms with E-state index in [9.17, 15) is 0 Å². The lowest BCUT2D eigenvalue weighted by Crippen LogP contribution is -2.12. The fourth-order valence-electron chi connectivity index (χ4n) is 1.76. The molecule has 1 aromatic rings. The molecule has 0 aliphatic carbocycles. The highest BCUT2D eigenvalue weighted by molar-refractivity contribution is 8.16. The molecule has 0 amide bonds. The van der Waals surface area contributed by atoms with Crippen LogP contribution in [0.4, 0.5) is 5.69 Å². The summed E-state index contributed by atoms with van der Waals surface area (Å²) in [5.74, 6) is 2.61. The molecule has 0 aromatic heterocycles. The van der Waals surface area contributed by atoms with Gasteiger partial charge in [-0.05, 0) is 29.6 Å². The third-order valence-electron chi connectivity index (χ3n) is 2.50. The highest BCUT2D eigenvalue weighted by Gasteiger charge is 2.19. The lowest BCUT2D eigenvalue weighted by molar-refractivity contribution is 1.08. The van der Waals surface area contributed by atoms with Gasteiger partial charge in [0.05, 0.1) is 4.58 Å². The van der Waals surface area contributed by atoms with E-state index in [2.05, 4.69) is 66.8 Å². The Balaban J connectivity index is 2.25. The molecule has 2 rings (SSSR count). The Labute approximate surface area is 101 Å². The quantitative estimate of drug-likeness (QED) is 0.776. The summed E-state index contributed by atoms with van der Waals surface area (Å²) >= 11 is 4.17. The van der Waals surface area contributed by atoms with Gasteiger partial charge in [0, 0.05) is 19.8 Å². The summed E-state index contributed by atoms with van der Waals surface area (Å²) in [4.78, 5) is 2.21. The van der Waals surface area contributed by atoms with Crippen molar-refractivity contribution >= 4 is 29.2 Å². The van der Waals surface area contributed by atoms with Gasteiger partial charge in [0.2, 0.25) is 0 Å². The van der Waals surface area contributed by atoms with E-state index in [4.69, 9.17) is 0 Å². The second-order valence-electron chi connectivity index (χ2n) is 3.88. The summed E-state index contributed by atoms with van der Waals surface area (Å²) in [6, 6.07) is 8.76. The Kier molecular flexibility index (Phi) is 3.87. The van der Waals surface area contributed by atoms with Gasteiger partial charge in [-0.2, -0.15) is 0 Å². The minimum atomic E-state index is 0.636. The summed E-state index contributed by atoms with van der Waals surface area (Å²) in [5.41, 5.74) is 2.85. The molecule has 15 heavy (non-hydrogen) atoms. The van der Waals surface area contributed by atoms with Crippen LogP contribution in [0.15, 0.2) is 24.3 Å².